The van der Waals surface area contributed by atoms with E-state index in [4.69, 9.17) is 9.47 Å². The van der Waals surface area contributed by atoms with Crippen LogP contribution in [0.25, 0.3) is 6.08 Å². The van der Waals surface area contributed by atoms with E-state index in [9.17, 15) is 19.5 Å². The summed E-state index contributed by atoms with van der Waals surface area (Å²) in [6.45, 7) is 4.57. The van der Waals surface area contributed by atoms with Crippen molar-refractivity contribution in [1.29, 1.82) is 0 Å². The molecule has 1 saturated heterocycles. The number of amides is 4. The molecule has 0 saturated carbocycles. The van der Waals surface area contributed by atoms with Gasteiger partial charge in [0.15, 0.2) is 11.5 Å². The molecule has 8 heteroatoms. The molecular formula is C21H20N2O6. The number of aromatic hydroxyl groups is 1. The number of carbonyl (C=O) groups is 3. The Labute approximate surface area is 167 Å². The first-order chi connectivity index (χ1) is 13.9. The first-order valence-electron chi connectivity index (χ1n) is 9.04. The molecule has 0 radical (unpaired) electrons. The van der Waals surface area contributed by atoms with Crippen molar-refractivity contribution in [3.8, 4) is 17.2 Å². The smallest absolute Gasteiger partial charge is 0.335 e. The molecule has 0 aromatic heterocycles. The predicted octanol–water partition coefficient (Wildman–Crippen LogP) is 2.86. The van der Waals surface area contributed by atoms with Crippen molar-refractivity contribution >= 4 is 29.6 Å². The van der Waals surface area contributed by atoms with Crippen molar-refractivity contribution in [1.82, 2.24) is 5.32 Å². The number of barbiturate groups is 1. The summed E-state index contributed by atoms with van der Waals surface area (Å²) in [6, 6.07) is 9.67. The number of benzene rings is 2. The normalized spacial score (nSPS) is 15.4. The summed E-state index contributed by atoms with van der Waals surface area (Å²) >= 11 is 0. The standard InChI is InChI=1S/C21H20N2O6/c1-3-28-17-10-5-13(12-18(17)29-4-2)11-16-19(25)22-21(27)23(20(16)26)14-6-8-15(24)9-7-14/h5-12,24H,3-4H2,1-2H3,(H,22,25,27). The van der Waals surface area contributed by atoms with E-state index < -0.39 is 17.8 Å². The van der Waals surface area contributed by atoms with Crippen LogP contribution in [0.1, 0.15) is 19.4 Å². The zero-order valence-electron chi connectivity index (χ0n) is 16.0. The number of rotatable bonds is 6. The van der Waals surface area contributed by atoms with Gasteiger partial charge >= 0.3 is 6.03 Å². The molecule has 4 amide bonds. The first-order valence-corrected chi connectivity index (χ1v) is 9.04. The van der Waals surface area contributed by atoms with Crippen molar-refractivity contribution in [2.24, 2.45) is 0 Å². The lowest BCUT2D eigenvalue weighted by atomic mass is 10.1. The second-order valence-electron chi connectivity index (χ2n) is 6.05. The summed E-state index contributed by atoms with van der Waals surface area (Å²) in [7, 11) is 0. The van der Waals surface area contributed by atoms with Crippen LogP contribution in [0.3, 0.4) is 0 Å². The Morgan fingerprint density at radius 3 is 2.28 bits per heavy atom. The molecule has 2 aromatic rings. The van der Waals surface area contributed by atoms with Crippen LogP contribution in [0.5, 0.6) is 17.2 Å². The van der Waals surface area contributed by atoms with Crippen LogP contribution >= 0.6 is 0 Å². The molecular weight excluding hydrogens is 376 g/mol. The van der Waals surface area contributed by atoms with E-state index in [0.717, 1.165) is 4.90 Å². The molecule has 1 aliphatic heterocycles. The third-order valence-corrected chi connectivity index (χ3v) is 4.09. The summed E-state index contributed by atoms with van der Waals surface area (Å²) in [5.74, 6) is -0.530. The Bertz CT molecular complexity index is 981. The number of nitrogens with one attached hydrogen (secondary N) is 1. The van der Waals surface area contributed by atoms with Gasteiger partial charge in [0.2, 0.25) is 0 Å². The Hall–Kier alpha value is -3.81. The maximum atomic E-state index is 12.9. The molecule has 0 bridgehead atoms. The van der Waals surface area contributed by atoms with Gasteiger partial charge in [0.25, 0.3) is 11.8 Å². The molecule has 0 atom stereocenters. The molecule has 0 aliphatic carbocycles. The number of urea groups is 1. The largest absolute Gasteiger partial charge is 0.508 e. The molecule has 2 N–H and O–H groups in total. The lowest BCUT2D eigenvalue weighted by molar-refractivity contribution is -0.122. The number of anilines is 1. The van der Waals surface area contributed by atoms with Gasteiger partial charge < -0.3 is 14.6 Å². The van der Waals surface area contributed by atoms with Crippen LogP contribution < -0.4 is 19.7 Å². The fourth-order valence-electron chi connectivity index (χ4n) is 2.82. The van der Waals surface area contributed by atoms with E-state index in [1.807, 2.05) is 13.8 Å². The third-order valence-electron chi connectivity index (χ3n) is 4.09. The summed E-state index contributed by atoms with van der Waals surface area (Å²) in [6.07, 6.45) is 1.38. The second-order valence-corrected chi connectivity index (χ2v) is 6.05. The maximum Gasteiger partial charge on any atom is 0.335 e. The number of phenolic OH excluding ortho intramolecular Hbond substituents is 1. The van der Waals surface area contributed by atoms with Crippen LogP contribution in [0.4, 0.5) is 10.5 Å². The van der Waals surface area contributed by atoms with E-state index in [1.54, 1.807) is 18.2 Å². The minimum Gasteiger partial charge on any atom is -0.508 e. The minimum absolute atomic E-state index is 0.0108. The number of imide groups is 2. The van der Waals surface area contributed by atoms with Crippen LogP contribution in [0, 0.1) is 0 Å². The highest BCUT2D eigenvalue weighted by atomic mass is 16.5. The van der Waals surface area contributed by atoms with Crippen LogP contribution in [0.15, 0.2) is 48.0 Å². The van der Waals surface area contributed by atoms with E-state index >= 15 is 0 Å². The topological polar surface area (TPSA) is 105 Å². The zero-order valence-corrected chi connectivity index (χ0v) is 16.0. The summed E-state index contributed by atoms with van der Waals surface area (Å²) in [4.78, 5) is 38.2. The lowest BCUT2D eigenvalue weighted by Gasteiger charge is -2.26. The molecule has 3 rings (SSSR count). The number of hydrogen-bond acceptors (Lipinski definition) is 6. The van der Waals surface area contributed by atoms with Gasteiger partial charge in [0.1, 0.15) is 11.3 Å². The summed E-state index contributed by atoms with van der Waals surface area (Å²) < 4.78 is 11.1. The second kappa shape index (κ2) is 8.47. The van der Waals surface area contributed by atoms with Gasteiger partial charge in [-0.1, -0.05) is 6.07 Å². The fraction of sp³-hybridized carbons (Fsp3) is 0.190. The summed E-state index contributed by atoms with van der Waals surface area (Å²) in [5.41, 5.74) is 0.560. The first kappa shape index (κ1) is 19.9. The van der Waals surface area contributed by atoms with Gasteiger partial charge in [-0.15, -0.1) is 0 Å². The zero-order chi connectivity index (χ0) is 21.0. The molecule has 8 nitrogen and oxygen atoms in total. The van der Waals surface area contributed by atoms with Crippen molar-refractivity contribution < 1.29 is 29.0 Å². The van der Waals surface area contributed by atoms with E-state index in [1.165, 1.54) is 30.3 Å². The SMILES string of the molecule is CCOc1ccc(C=C2C(=O)NC(=O)N(c3ccc(O)cc3)C2=O)cc1OCC. The third kappa shape index (κ3) is 4.21. The van der Waals surface area contributed by atoms with Crippen LogP contribution in [-0.2, 0) is 9.59 Å². The van der Waals surface area contributed by atoms with Crippen LogP contribution in [-0.4, -0.2) is 36.2 Å². The molecule has 1 aliphatic rings. The maximum absolute atomic E-state index is 12.9. The van der Waals surface area contributed by atoms with Crippen LogP contribution in [0.2, 0.25) is 0 Å². The van der Waals surface area contributed by atoms with Crippen molar-refractivity contribution in [3.05, 3.63) is 53.6 Å². The predicted molar refractivity (Wildman–Crippen MR) is 106 cm³/mol. The molecule has 1 heterocycles. The quantitative estimate of drug-likeness (QED) is 0.575. The van der Waals surface area contributed by atoms with Gasteiger partial charge in [-0.25, -0.2) is 9.69 Å². The Kier molecular flexibility index (Phi) is 5.82. The Balaban J connectivity index is 1.98. The fourth-order valence-corrected chi connectivity index (χ4v) is 2.82. The van der Waals surface area contributed by atoms with Gasteiger partial charge in [-0.2, -0.15) is 0 Å². The Morgan fingerprint density at radius 2 is 1.62 bits per heavy atom. The number of nitrogens with zero attached hydrogens (tertiary/aromatic N) is 1. The number of phenols is 1. The molecule has 0 unspecified atom stereocenters. The van der Waals surface area contributed by atoms with E-state index in [2.05, 4.69) is 5.32 Å². The Morgan fingerprint density at radius 1 is 0.966 bits per heavy atom. The highest BCUT2D eigenvalue weighted by molar-refractivity contribution is 6.39. The average molecular weight is 396 g/mol. The highest BCUT2D eigenvalue weighted by Gasteiger charge is 2.36. The number of hydrogen-bond donors (Lipinski definition) is 2. The molecule has 150 valence electrons. The lowest BCUT2D eigenvalue weighted by Crippen LogP contribution is -2.54. The number of carbonyl (C=O) groups excluding carboxylic acids is 3. The van der Waals surface area contributed by atoms with Crippen molar-refractivity contribution in [2.45, 2.75) is 13.8 Å². The van der Waals surface area contributed by atoms with Crippen molar-refractivity contribution in [2.75, 3.05) is 18.1 Å². The van der Waals surface area contributed by atoms with E-state index in [-0.39, 0.29) is 17.0 Å². The average Bonchev–Trinajstić information content (AvgIpc) is 2.69. The number of ether oxygens (including phenoxy) is 2. The molecule has 0 spiro atoms. The summed E-state index contributed by atoms with van der Waals surface area (Å²) in [5, 5.41) is 11.6. The van der Waals surface area contributed by atoms with Crippen molar-refractivity contribution in [3.63, 3.8) is 0 Å². The van der Waals surface area contributed by atoms with E-state index in [0.29, 0.717) is 30.3 Å². The monoisotopic (exact) mass is 396 g/mol. The van der Waals surface area contributed by atoms with Gasteiger partial charge in [-0.05, 0) is 61.9 Å². The van der Waals surface area contributed by atoms with Gasteiger partial charge in [0.05, 0.1) is 18.9 Å². The minimum atomic E-state index is -0.857. The molecule has 29 heavy (non-hydrogen) atoms. The van der Waals surface area contributed by atoms with Gasteiger partial charge in [0, 0.05) is 0 Å². The van der Waals surface area contributed by atoms with Gasteiger partial charge in [-0.3, -0.25) is 14.9 Å². The molecule has 1 fully saturated rings. The highest BCUT2D eigenvalue weighted by Crippen LogP contribution is 2.30. The molecule has 2 aromatic carbocycles.